The molecule has 0 heterocycles. The summed E-state index contributed by atoms with van der Waals surface area (Å²) in [5, 5.41) is 12.6. The molecule has 0 spiro atoms. The molecule has 1 aliphatic carbocycles. The summed E-state index contributed by atoms with van der Waals surface area (Å²) < 4.78 is 0. The normalized spacial score (nSPS) is 23.0. The molecule has 2 unspecified atom stereocenters. The summed E-state index contributed by atoms with van der Waals surface area (Å²) in [6.07, 6.45) is 3.61. The maximum atomic E-state index is 11.8. The molecule has 2 rings (SSSR count). The highest BCUT2D eigenvalue weighted by molar-refractivity contribution is 5.76. The van der Waals surface area contributed by atoms with Crippen molar-refractivity contribution >= 4 is 5.91 Å². The van der Waals surface area contributed by atoms with Crippen LogP contribution in [0.15, 0.2) is 24.3 Å². The number of aliphatic hydroxyl groups is 1. The highest BCUT2D eigenvalue weighted by atomic mass is 16.3. The smallest absolute Gasteiger partial charge is 0.220 e. The first-order chi connectivity index (χ1) is 8.65. The Bertz CT molecular complexity index is 399. The number of rotatable bonds is 4. The average molecular weight is 247 g/mol. The molecule has 1 saturated carbocycles. The van der Waals surface area contributed by atoms with E-state index in [1.54, 1.807) is 0 Å². The Morgan fingerprint density at radius 2 is 2.06 bits per heavy atom. The number of aliphatic hydroxyl groups excluding tert-OH is 1. The highest BCUT2D eigenvalue weighted by Crippen LogP contribution is 2.18. The molecule has 2 N–H and O–H groups in total. The van der Waals surface area contributed by atoms with Gasteiger partial charge in [-0.3, -0.25) is 4.79 Å². The van der Waals surface area contributed by atoms with Crippen molar-refractivity contribution in [3.05, 3.63) is 35.4 Å². The monoisotopic (exact) mass is 247 g/mol. The Morgan fingerprint density at radius 1 is 1.33 bits per heavy atom. The van der Waals surface area contributed by atoms with E-state index in [1.807, 2.05) is 0 Å². The summed E-state index contributed by atoms with van der Waals surface area (Å²) >= 11 is 0. The Hall–Kier alpha value is -1.35. The molecule has 1 fully saturated rings. The second kappa shape index (κ2) is 6.01. The van der Waals surface area contributed by atoms with Crippen LogP contribution in [-0.4, -0.2) is 23.2 Å². The zero-order valence-corrected chi connectivity index (χ0v) is 10.9. The molecule has 1 aromatic rings. The molecule has 1 aromatic carbocycles. The van der Waals surface area contributed by atoms with Gasteiger partial charge >= 0.3 is 0 Å². The lowest BCUT2D eigenvalue weighted by atomic mass is 10.1. The van der Waals surface area contributed by atoms with Gasteiger partial charge in [-0.1, -0.05) is 29.8 Å². The predicted octanol–water partition coefficient (Wildman–Crippen LogP) is 1.96. The second-order valence-electron chi connectivity index (χ2n) is 5.16. The number of hydrogen-bond acceptors (Lipinski definition) is 2. The lowest BCUT2D eigenvalue weighted by Crippen LogP contribution is -2.39. The van der Waals surface area contributed by atoms with E-state index >= 15 is 0 Å². The van der Waals surface area contributed by atoms with Crippen LogP contribution in [0.4, 0.5) is 0 Å². The van der Waals surface area contributed by atoms with Crippen molar-refractivity contribution < 1.29 is 9.90 Å². The van der Waals surface area contributed by atoms with Crippen LogP contribution in [0.5, 0.6) is 0 Å². The van der Waals surface area contributed by atoms with Crippen LogP contribution < -0.4 is 5.32 Å². The van der Waals surface area contributed by atoms with E-state index < -0.39 is 0 Å². The molecule has 0 bridgehead atoms. The molecule has 0 aliphatic heterocycles. The minimum atomic E-state index is -0.353. The van der Waals surface area contributed by atoms with Crippen molar-refractivity contribution in [1.29, 1.82) is 0 Å². The molecule has 1 amide bonds. The molecule has 98 valence electrons. The van der Waals surface area contributed by atoms with E-state index in [-0.39, 0.29) is 18.1 Å². The maximum absolute atomic E-state index is 11.8. The van der Waals surface area contributed by atoms with E-state index in [0.29, 0.717) is 6.42 Å². The topological polar surface area (TPSA) is 49.3 Å². The first-order valence-corrected chi connectivity index (χ1v) is 6.68. The molecule has 0 radical (unpaired) electrons. The second-order valence-corrected chi connectivity index (χ2v) is 5.16. The standard InChI is InChI=1S/C15H21NO2/c1-11-5-7-12(8-6-11)9-10-15(18)16-13-3-2-4-14(13)17/h5-8,13-14,17H,2-4,9-10H2,1H3,(H,16,18). The van der Waals surface area contributed by atoms with Crippen LogP contribution in [-0.2, 0) is 11.2 Å². The summed E-state index contributed by atoms with van der Waals surface area (Å²) in [4.78, 5) is 11.8. The third kappa shape index (κ3) is 3.57. The number of aryl methyl sites for hydroxylation is 2. The van der Waals surface area contributed by atoms with Gasteiger partial charge in [-0.25, -0.2) is 0 Å². The van der Waals surface area contributed by atoms with Crippen molar-refractivity contribution in [2.24, 2.45) is 0 Å². The van der Waals surface area contributed by atoms with Crippen molar-refractivity contribution in [2.75, 3.05) is 0 Å². The molecule has 3 heteroatoms. The molecular weight excluding hydrogens is 226 g/mol. The molecule has 1 aliphatic rings. The molecular formula is C15H21NO2. The first kappa shape index (κ1) is 13.1. The van der Waals surface area contributed by atoms with Gasteiger partial charge in [0.1, 0.15) is 0 Å². The fourth-order valence-corrected chi connectivity index (χ4v) is 2.40. The number of nitrogens with one attached hydrogen (secondary N) is 1. The van der Waals surface area contributed by atoms with Crippen LogP contribution in [0.25, 0.3) is 0 Å². The van der Waals surface area contributed by atoms with Crippen molar-refractivity contribution in [1.82, 2.24) is 5.32 Å². The summed E-state index contributed by atoms with van der Waals surface area (Å²) in [7, 11) is 0. The highest BCUT2D eigenvalue weighted by Gasteiger charge is 2.26. The van der Waals surface area contributed by atoms with Crippen molar-refractivity contribution in [2.45, 2.75) is 51.2 Å². The predicted molar refractivity (Wildman–Crippen MR) is 71.3 cm³/mol. The van der Waals surface area contributed by atoms with E-state index in [9.17, 15) is 9.90 Å². The molecule has 2 atom stereocenters. The number of carbonyl (C=O) groups excluding carboxylic acids is 1. The third-order valence-electron chi connectivity index (χ3n) is 3.59. The number of hydrogen-bond donors (Lipinski definition) is 2. The third-order valence-corrected chi connectivity index (χ3v) is 3.59. The van der Waals surface area contributed by atoms with E-state index in [4.69, 9.17) is 0 Å². The van der Waals surface area contributed by atoms with Gasteiger partial charge in [0, 0.05) is 6.42 Å². The number of amides is 1. The SMILES string of the molecule is Cc1ccc(CCC(=O)NC2CCCC2O)cc1. The van der Waals surface area contributed by atoms with Gasteiger partial charge in [-0.2, -0.15) is 0 Å². The zero-order chi connectivity index (χ0) is 13.0. The Balaban J connectivity index is 1.76. The van der Waals surface area contributed by atoms with Crippen LogP contribution in [0.3, 0.4) is 0 Å². The fraction of sp³-hybridized carbons (Fsp3) is 0.533. The van der Waals surface area contributed by atoms with Gasteiger partial charge in [0.25, 0.3) is 0 Å². The van der Waals surface area contributed by atoms with E-state index in [1.165, 1.54) is 11.1 Å². The van der Waals surface area contributed by atoms with E-state index in [0.717, 1.165) is 25.7 Å². The molecule has 18 heavy (non-hydrogen) atoms. The zero-order valence-electron chi connectivity index (χ0n) is 10.9. The summed E-state index contributed by atoms with van der Waals surface area (Å²) in [6, 6.07) is 8.22. The van der Waals surface area contributed by atoms with Gasteiger partial charge < -0.3 is 10.4 Å². The van der Waals surface area contributed by atoms with Gasteiger partial charge in [0.2, 0.25) is 5.91 Å². The lowest BCUT2D eigenvalue weighted by molar-refractivity contribution is -0.122. The van der Waals surface area contributed by atoms with Crippen LogP contribution in [0.2, 0.25) is 0 Å². The van der Waals surface area contributed by atoms with Crippen LogP contribution in [0, 0.1) is 6.92 Å². The first-order valence-electron chi connectivity index (χ1n) is 6.68. The fourth-order valence-electron chi connectivity index (χ4n) is 2.40. The van der Waals surface area contributed by atoms with Gasteiger partial charge in [-0.15, -0.1) is 0 Å². The molecule has 0 aromatic heterocycles. The number of carbonyl (C=O) groups is 1. The minimum Gasteiger partial charge on any atom is -0.391 e. The average Bonchev–Trinajstić information content (AvgIpc) is 2.74. The lowest BCUT2D eigenvalue weighted by Gasteiger charge is -2.16. The number of benzene rings is 1. The summed E-state index contributed by atoms with van der Waals surface area (Å²) in [6.45, 7) is 2.05. The van der Waals surface area contributed by atoms with Crippen LogP contribution >= 0.6 is 0 Å². The molecule has 3 nitrogen and oxygen atoms in total. The molecule has 0 saturated heterocycles. The van der Waals surface area contributed by atoms with Gasteiger partial charge in [0.15, 0.2) is 0 Å². The minimum absolute atomic E-state index is 0.0319. The van der Waals surface area contributed by atoms with Gasteiger partial charge in [0.05, 0.1) is 12.1 Å². The largest absolute Gasteiger partial charge is 0.391 e. The Labute approximate surface area is 108 Å². The van der Waals surface area contributed by atoms with Crippen molar-refractivity contribution in [3.63, 3.8) is 0 Å². The van der Waals surface area contributed by atoms with E-state index in [2.05, 4.69) is 36.5 Å². The summed E-state index contributed by atoms with van der Waals surface area (Å²) in [5.41, 5.74) is 2.42. The summed E-state index contributed by atoms with van der Waals surface area (Å²) in [5.74, 6) is 0.0431. The van der Waals surface area contributed by atoms with Gasteiger partial charge in [-0.05, 0) is 38.2 Å². The van der Waals surface area contributed by atoms with Crippen molar-refractivity contribution in [3.8, 4) is 0 Å². The van der Waals surface area contributed by atoms with Crippen LogP contribution in [0.1, 0.15) is 36.8 Å². The maximum Gasteiger partial charge on any atom is 0.220 e. The quantitative estimate of drug-likeness (QED) is 0.854. The Morgan fingerprint density at radius 3 is 2.67 bits per heavy atom. The Kier molecular flexibility index (Phi) is 4.37.